The molecule has 0 saturated heterocycles. The normalized spacial score (nSPS) is 14.9. The van der Waals surface area contributed by atoms with E-state index in [1.54, 1.807) is 0 Å². The molecule has 0 aliphatic rings. The molecular formula is C31H50O4. The first kappa shape index (κ1) is 31.3. The van der Waals surface area contributed by atoms with Crippen molar-refractivity contribution in [2.24, 2.45) is 16.7 Å². The number of benzene rings is 1. The van der Waals surface area contributed by atoms with Crippen molar-refractivity contribution >= 4 is 11.6 Å². The van der Waals surface area contributed by atoms with Crippen molar-refractivity contribution in [2.75, 3.05) is 6.61 Å². The fraction of sp³-hybridized carbons (Fsp3) is 0.677. The second-order valence-corrected chi connectivity index (χ2v) is 12.7. The molecule has 1 aromatic rings. The van der Waals surface area contributed by atoms with Crippen molar-refractivity contribution < 1.29 is 19.1 Å². The summed E-state index contributed by atoms with van der Waals surface area (Å²) in [7, 11) is 0. The van der Waals surface area contributed by atoms with Gasteiger partial charge in [0, 0.05) is 24.4 Å². The Bertz CT molecular complexity index is 822. The first-order valence-electron chi connectivity index (χ1n) is 13.0. The van der Waals surface area contributed by atoms with Gasteiger partial charge in [0.2, 0.25) is 0 Å². The van der Waals surface area contributed by atoms with Gasteiger partial charge in [0.15, 0.2) is 5.78 Å². The highest BCUT2D eigenvalue weighted by Crippen LogP contribution is 2.38. The molecule has 198 valence electrons. The lowest BCUT2D eigenvalue weighted by atomic mass is 9.71. The summed E-state index contributed by atoms with van der Waals surface area (Å²) in [6.07, 6.45) is 3.94. The van der Waals surface area contributed by atoms with Crippen LogP contribution in [-0.2, 0) is 25.5 Å². The first-order valence-corrected chi connectivity index (χ1v) is 13.0. The van der Waals surface area contributed by atoms with Crippen LogP contribution in [0.1, 0.15) is 94.1 Å². The monoisotopic (exact) mass is 486 g/mol. The summed E-state index contributed by atoms with van der Waals surface area (Å²) in [6, 6.07) is 9.99. The van der Waals surface area contributed by atoms with E-state index in [4.69, 9.17) is 9.47 Å². The zero-order chi connectivity index (χ0) is 27.1. The molecule has 0 fully saturated rings. The van der Waals surface area contributed by atoms with Crippen LogP contribution in [0.5, 0.6) is 0 Å². The fourth-order valence-corrected chi connectivity index (χ4v) is 4.15. The zero-order valence-corrected chi connectivity index (χ0v) is 24.0. The van der Waals surface area contributed by atoms with Crippen molar-refractivity contribution in [3.63, 3.8) is 0 Å². The third-order valence-electron chi connectivity index (χ3n) is 6.89. The smallest absolute Gasteiger partial charge is 0.170 e. The number of hydrogen-bond acceptors (Lipinski definition) is 4. The summed E-state index contributed by atoms with van der Waals surface area (Å²) in [4.78, 5) is 26.6. The van der Waals surface area contributed by atoms with Crippen LogP contribution in [0.15, 0.2) is 43.0 Å². The van der Waals surface area contributed by atoms with Gasteiger partial charge in [-0.1, -0.05) is 71.0 Å². The van der Waals surface area contributed by atoms with Gasteiger partial charge in [0.05, 0.1) is 16.6 Å². The molecule has 0 aliphatic carbocycles. The summed E-state index contributed by atoms with van der Waals surface area (Å²) in [5.41, 5.74) is -1.23. The molecule has 0 saturated carbocycles. The Hall–Kier alpha value is -1.78. The summed E-state index contributed by atoms with van der Waals surface area (Å²) < 4.78 is 12.6. The molecular weight excluding hydrogens is 436 g/mol. The Balaban J connectivity index is 2.91. The Morgan fingerprint density at radius 3 is 1.97 bits per heavy atom. The number of allylic oxidation sites excluding steroid dienone is 1. The third kappa shape index (κ3) is 9.65. The maximum atomic E-state index is 13.9. The van der Waals surface area contributed by atoms with E-state index in [-0.39, 0.29) is 22.9 Å². The SMILES string of the molecule is C=CCC(CCCOC(C)(C)C(C)(C)C(=O)C(Cc1ccccc1)OC(C)(C)C)C(=O)C(C)(C)C. The van der Waals surface area contributed by atoms with Crippen LogP contribution in [0.2, 0.25) is 0 Å². The van der Waals surface area contributed by atoms with Gasteiger partial charge in [-0.25, -0.2) is 0 Å². The van der Waals surface area contributed by atoms with Gasteiger partial charge in [-0.2, -0.15) is 0 Å². The number of carbonyl (C=O) groups is 2. The van der Waals surface area contributed by atoms with Crippen molar-refractivity contribution in [2.45, 2.75) is 112 Å². The Morgan fingerprint density at radius 2 is 1.49 bits per heavy atom. The quantitative estimate of drug-likeness (QED) is 0.203. The predicted octanol–water partition coefficient (Wildman–Crippen LogP) is 7.39. The highest BCUT2D eigenvalue weighted by molar-refractivity contribution is 5.89. The maximum Gasteiger partial charge on any atom is 0.170 e. The van der Waals surface area contributed by atoms with Gasteiger partial charge in [-0.15, -0.1) is 6.58 Å². The second kappa shape index (κ2) is 12.5. The maximum absolute atomic E-state index is 13.9. The molecule has 2 atom stereocenters. The van der Waals surface area contributed by atoms with E-state index >= 15 is 0 Å². The van der Waals surface area contributed by atoms with Crippen LogP contribution in [0, 0.1) is 16.7 Å². The summed E-state index contributed by atoms with van der Waals surface area (Å²) in [5.74, 6) is 0.244. The molecule has 2 unspecified atom stereocenters. The number of carbonyl (C=O) groups excluding carboxylic acids is 2. The molecule has 1 rings (SSSR count). The molecule has 0 radical (unpaired) electrons. The zero-order valence-electron chi connectivity index (χ0n) is 24.0. The lowest BCUT2D eigenvalue weighted by molar-refractivity contribution is -0.167. The van der Waals surface area contributed by atoms with Gasteiger partial charge < -0.3 is 9.47 Å². The van der Waals surface area contributed by atoms with Crippen LogP contribution in [0.25, 0.3) is 0 Å². The van der Waals surface area contributed by atoms with Crippen molar-refractivity contribution in [1.29, 1.82) is 0 Å². The molecule has 0 spiro atoms. The topological polar surface area (TPSA) is 52.6 Å². The number of ether oxygens (including phenoxy) is 2. The second-order valence-electron chi connectivity index (χ2n) is 12.7. The minimum Gasteiger partial charge on any atom is -0.375 e. The summed E-state index contributed by atoms with van der Waals surface area (Å²) in [5, 5.41) is 0. The van der Waals surface area contributed by atoms with Gasteiger partial charge >= 0.3 is 0 Å². The van der Waals surface area contributed by atoms with E-state index < -0.39 is 22.7 Å². The average molecular weight is 487 g/mol. The molecule has 0 bridgehead atoms. The molecule has 0 aromatic heterocycles. The summed E-state index contributed by atoms with van der Waals surface area (Å²) in [6.45, 7) is 24.0. The van der Waals surface area contributed by atoms with Crippen LogP contribution in [0.3, 0.4) is 0 Å². The molecule has 0 heterocycles. The van der Waals surface area contributed by atoms with E-state index in [0.29, 0.717) is 19.4 Å². The van der Waals surface area contributed by atoms with E-state index in [1.807, 2.05) is 106 Å². The standard InChI is InChI=1S/C31H50O4/c1-12-17-24(26(32)28(2,3)4)20-16-21-34-31(10,11)30(8,9)27(33)25(35-29(5,6)7)22-23-18-14-13-15-19-23/h12-15,18-19,24-25H,1,16-17,20-22H2,2-11H3. The van der Waals surface area contributed by atoms with Gasteiger partial charge in [0.25, 0.3) is 0 Å². The van der Waals surface area contributed by atoms with Crippen LogP contribution >= 0.6 is 0 Å². The average Bonchev–Trinajstić information content (AvgIpc) is 2.73. The van der Waals surface area contributed by atoms with E-state index in [9.17, 15) is 9.59 Å². The third-order valence-corrected chi connectivity index (χ3v) is 6.89. The van der Waals surface area contributed by atoms with Gasteiger partial charge in [0.1, 0.15) is 11.9 Å². The van der Waals surface area contributed by atoms with Gasteiger partial charge in [-0.3, -0.25) is 9.59 Å². The highest BCUT2D eigenvalue weighted by atomic mass is 16.5. The van der Waals surface area contributed by atoms with Crippen molar-refractivity contribution in [1.82, 2.24) is 0 Å². The van der Waals surface area contributed by atoms with E-state index in [2.05, 4.69) is 6.58 Å². The Kier molecular flexibility index (Phi) is 11.1. The van der Waals surface area contributed by atoms with E-state index in [1.165, 1.54) is 0 Å². The van der Waals surface area contributed by atoms with Crippen molar-refractivity contribution in [3.05, 3.63) is 48.6 Å². The number of ketones is 2. The van der Waals surface area contributed by atoms with Crippen LogP contribution in [0.4, 0.5) is 0 Å². The molecule has 35 heavy (non-hydrogen) atoms. The Morgan fingerprint density at radius 1 is 0.914 bits per heavy atom. The highest BCUT2D eigenvalue weighted by Gasteiger charge is 2.47. The first-order chi connectivity index (χ1) is 15.9. The minimum absolute atomic E-state index is 0.0359. The van der Waals surface area contributed by atoms with Crippen molar-refractivity contribution in [3.8, 4) is 0 Å². The molecule has 4 nitrogen and oxygen atoms in total. The predicted molar refractivity (Wildman–Crippen MR) is 146 cm³/mol. The summed E-state index contributed by atoms with van der Waals surface area (Å²) >= 11 is 0. The van der Waals surface area contributed by atoms with E-state index in [0.717, 1.165) is 18.4 Å². The minimum atomic E-state index is -0.778. The molecule has 0 aliphatic heterocycles. The van der Waals surface area contributed by atoms with Gasteiger partial charge in [-0.05, 0) is 59.4 Å². The largest absolute Gasteiger partial charge is 0.375 e. The Labute approximate surface area is 214 Å². The molecule has 0 N–H and O–H groups in total. The lowest BCUT2D eigenvalue weighted by Gasteiger charge is -2.43. The number of hydrogen-bond donors (Lipinski definition) is 0. The fourth-order valence-electron chi connectivity index (χ4n) is 4.15. The van der Waals surface area contributed by atoms with Crippen LogP contribution in [-0.4, -0.2) is 35.5 Å². The lowest BCUT2D eigenvalue weighted by Crippen LogP contribution is -2.53. The molecule has 4 heteroatoms. The van der Waals surface area contributed by atoms with Crippen LogP contribution < -0.4 is 0 Å². The number of rotatable bonds is 14. The number of Topliss-reactive ketones (excluding diaryl/α,β-unsaturated/α-hetero) is 2. The molecule has 0 amide bonds. The molecule has 1 aromatic carbocycles.